The van der Waals surface area contributed by atoms with E-state index >= 15 is 0 Å². The zero-order valence-corrected chi connectivity index (χ0v) is 16.6. The van der Waals surface area contributed by atoms with E-state index in [1.54, 1.807) is 24.3 Å². The SMILES string of the molecule is O=C(Sc1nnnn1-c1ccccc1)c1ccccc1S(=O)(=O)[O-].[Na+]. The summed E-state index contributed by atoms with van der Waals surface area (Å²) in [5, 5.41) is 10.6. The van der Waals surface area contributed by atoms with Gasteiger partial charge in [0.25, 0.3) is 0 Å². The van der Waals surface area contributed by atoms with Crippen molar-refractivity contribution in [1.29, 1.82) is 0 Å². The first kappa shape index (κ1) is 19.8. The maximum Gasteiger partial charge on any atom is 1.00 e. The Balaban J connectivity index is 0.00000225. The summed E-state index contributed by atoms with van der Waals surface area (Å²) < 4.78 is 35.2. The Bertz CT molecular complexity index is 993. The molecule has 0 amide bonds. The van der Waals surface area contributed by atoms with E-state index in [1.807, 2.05) is 6.07 Å². The van der Waals surface area contributed by atoms with Gasteiger partial charge in [0.05, 0.1) is 10.6 Å². The Morgan fingerprint density at radius 2 is 1.68 bits per heavy atom. The Morgan fingerprint density at radius 3 is 2.36 bits per heavy atom. The minimum atomic E-state index is -4.76. The minimum absolute atomic E-state index is 0. The summed E-state index contributed by atoms with van der Waals surface area (Å²) in [5.74, 6) is 0. The number of aromatic nitrogens is 4. The second-order valence-electron chi connectivity index (χ2n) is 4.55. The zero-order valence-electron chi connectivity index (χ0n) is 12.9. The minimum Gasteiger partial charge on any atom is -0.744 e. The van der Waals surface area contributed by atoms with E-state index < -0.39 is 20.1 Å². The van der Waals surface area contributed by atoms with Crippen LogP contribution in [0.3, 0.4) is 0 Å². The van der Waals surface area contributed by atoms with Crippen LogP contribution in [0.4, 0.5) is 0 Å². The second-order valence-corrected chi connectivity index (χ2v) is 6.84. The van der Waals surface area contributed by atoms with Crippen molar-refractivity contribution in [2.45, 2.75) is 10.1 Å². The molecule has 0 N–H and O–H groups in total. The van der Waals surface area contributed by atoms with Gasteiger partial charge in [-0.1, -0.05) is 30.3 Å². The number of benzene rings is 2. The fourth-order valence-corrected chi connectivity index (χ4v) is 3.46. The molecule has 122 valence electrons. The fraction of sp³-hybridized carbons (Fsp3) is 0. The maximum atomic E-state index is 12.4. The predicted octanol–water partition coefficient (Wildman–Crippen LogP) is -1.50. The Hall–Kier alpha value is -1.56. The van der Waals surface area contributed by atoms with E-state index in [9.17, 15) is 17.8 Å². The molecule has 0 radical (unpaired) electrons. The normalized spacial score (nSPS) is 10.9. The standard InChI is InChI=1S/C14H10N4O4S2.Na/c19-13(11-8-4-5-9-12(11)24(20,21)22)23-14-15-16-17-18(14)10-6-2-1-3-7-10;/h1-9H,(H,20,21,22);/q;+1/p-1. The van der Waals surface area contributed by atoms with Gasteiger partial charge >= 0.3 is 29.6 Å². The van der Waals surface area contributed by atoms with Crippen LogP contribution in [0, 0.1) is 0 Å². The van der Waals surface area contributed by atoms with Crippen LogP contribution in [-0.2, 0) is 10.1 Å². The molecule has 2 aromatic carbocycles. The average molecular weight is 384 g/mol. The molecular weight excluding hydrogens is 375 g/mol. The first-order chi connectivity index (χ1) is 11.5. The van der Waals surface area contributed by atoms with Gasteiger partial charge in [-0.2, -0.15) is 4.68 Å². The Kier molecular flexibility index (Phi) is 6.49. The van der Waals surface area contributed by atoms with Crippen LogP contribution in [-0.4, -0.2) is 38.3 Å². The molecular formula is C14H9N4NaO4S2. The van der Waals surface area contributed by atoms with Crippen molar-refractivity contribution in [3.8, 4) is 5.69 Å². The van der Waals surface area contributed by atoms with Gasteiger partial charge in [0.2, 0.25) is 10.3 Å². The van der Waals surface area contributed by atoms with Gasteiger partial charge in [0, 0.05) is 5.56 Å². The number of nitrogens with zero attached hydrogens (tertiary/aromatic N) is 4. The number of hydrogen-bond acceptors (Lipinski definition) is 8. The molecule has 25 heavy (non-hydrogen) atoms. The van der Waals surface area contributed by atoms with Gasteiger partial charge < -0.3 is 4.55 Å². The molecule has 0 spiro atoms. The Morgan fingerprint density at radius 1 is 1.04 bits per heavy atom. The zero-order chi connectivity index (χ0) is 17.2. The van der Waals surface area contributed by atoms with Crippen LogP contribution in [0.1, 0.15) is 10.4 Å². The van der Waals surface area contributed by atoms with E-state index in [-0.39, 0.29) is 40.3 Å². The van der Waals surface area contributed by atoms with Gasteiger partial charge in [0.15, 0.2) is 0 Å². The summed E-state index contributed by atoms with van der Waals surface area (Å²) >= 11 is 0.640. The summed E-state index contributed by atoms with van der Waals surface area (Å²) in [4.78, 5) is 11.8. The van der Waals surface area contributed by atoms with Crippen molar-refractivity contribution < 1.29 is 47.3 Å². The topological polar surface area (TPSA) is 118 Å². The summed E-state index contributed by atoms with van der Waals surface area (Å²) in [6.07, 6.45) is 0. The molecule has 0 fully saturated rings. The third-order valence-electron chi connectivity index (χ3n) is 3.00. The molecule has 0 aliphatic heterocycles. The van der Waals surface area contributed by atoms with Crippen LogP contribution in [0.2, 0.25) is 0 Å². The fourth-order valence-electron chi connectivity index (χ4n) is 1.96. The summed E-state index contributed by atoms with van der Waals surface area (Å²) in [6.45, 7) is 0. The van der Waals surface area contributed by atoms with Gasteiger partial charge in [-0.15, -0.1) is 5.10 Å². The smallest absolute Gasteiger partial charge is 0.744 e. The molecule has 0 saturated carbocycles. The number of rotatable bonds is 4. The number of hydrogen-bond donors (Lipinski definition) is 0. The van der Waals surface area contributed by atoms with Crippen molar-refractivity contribution >= 4 is 27.0 Å². The first-order valence-electron chi connectivity index (χ1n) is 6.58. The maximum absolute atomic E-state index is 12.4. The van der Waals surface area contributed by atoms with Crippen molar-refractivity contribution in [2.24, 2.45) is 0 Å². The molecule has 0 unspecified atom stereocenters. The molecule has 1 aromatic heterocycles. The molecule has 0 bridgehead atoms. The summed E-state index contributed by atoms with van der Waals surface area (Å²) in [6, 6.07) is 14.1. The number of thioether (sulfide) groups is 1. The second kappa shape index (κ2) is 8.21. The third-order valence-corrected chi connectivity index (χ3v) is 4.74. The van der Waals surface area contributed by atoms with Gasteiger partial charge in [-0.05, 0) is 46.5 Å². The monoisotopic (exact) mass is 384 g/mol. The molecule has 11 heteroatoms. The summed E-state index contributed by atoms with van der Waals surface area (Å²) in [5.41, 5.74) is 0.433. The molecule has 0 saturated heterocycles. The summed E-state index contributed by atoms with van der Waals surface area (Å²) in [7, 11) is -4.76. The van der Waals surface area contributed by atoms with E-state index in [2.05, 4.69) is 15.5 Å². The molecule has 0 atom stereocenters. The Labute approximate surface area is 169 Å². The molecule has 3 rings (SSSR count). The van der Waals surface area contributed by atoms with Crippen molar-refractivity contribution in [2.75, 3.05) is 0 Å². The van der Waals surface area contributed by atoms with Gasteiger partial charge in [-0.25, -0.2) is 8.42 Å². The van der Waals surface area contributed by atoms with E-state index in [0.29, 0.717) is 17.4 Å². The quantitative estimate of drug-likeness (QED) is 0.303. The molecule has 8 nitrogen and oxygen atoms in total. The van der Waals surface area contributed by atoms with Crippen LogP contribution >= 0.6 is 11.8 Å². The van der Waals surface area contributed by atoms with E-state index in [1.165, 1.54) is 22.9 Å². The van der Waals surface area contributed by atoms with Crippen LogP contribution < -0.4 is 29.6 Å². The van der Waals surface area contributed by atoms with Crippen molar-refractivity contribution in [3.05, 3.63) is 60.2 Å². The van der Waals surface area contributed by atoms with Crippen LogP contribution in [0.5, 0.6) is 0 Å². The van der Waals surface area contributed by atoms with E-state index in [4.69, 9.17) is 0 Å². The molecule has 3 aromatic rings. The predicted molar refractivity (Wildman–Crippen MR) is 83.7 cm³/mol. The number of carbonyl (C=O) groups is 1. The molecule has 0 aliphatic carbocycles. The van der Waals surface area contributed by atoms with E-state index in [0.717, 1.165) is 6.07 Å². The van der Waals surface area contributed by atoms with Crippen LogP contribution in [0.15, 0.2) is 64.6 Å². The average Bonchev–Trinajstić information content (AvgIpc) is 3.03. The largest absolute Gasteiger partial charge is 1.00 e. The number of tetrazole rings is 1. The van der Waals surface area contributed by atoms with Gasteiger partial charge in [-0.3, -0.25) is 4.79 Å². The van der Waals surface area contributed by atoms with Gasteiger partial charge in [0.1, 0.15) is 10.1 Å². The van der Waals surface area contributed by atoms with Crippen molar-refractivity contribution in [1.82, 2.24) is 20.2 Å². The number of carbonyl (C=O) groups excluding carboxylic acids is 1. The first-order valence-corrected chi connectivity index (χ1v) is 8.80. The molecule has 1 heterocycles. The molecule has 0 aliphatic rings. The van der Waals surface area contributed by atoms with Crippen LogP contribution in [0.25, 0.3) is 5.69 Å². The van der Waals surface area contributed by atoms with Crippen molar-refractivity contribution in [3.63, 3.8) is 0 Å². The number of para-hydroxylation sites is 1. The third kappa shape index (κ3) is 4.54.